The number of nitrogens with one attached hydrogen (secondary N) is 1. The Balaban J connectivity index is 1.56. The Morgan fingerprint density at radius 1 is 1.04 bits per heavy atom. The first kappa shape index (κ1) is 18.6. The molecule has 0 unspecified atom stereocenters. The van der Waals surface area contributed by atoms with Crippen LogP contribution in [0, 0.1) is 0 Å². The van der Waals surface area contributed by atoms with Crippen LogP contribution in [0.2, 0.25) is 10.0 Å². The number of amides is 1. The van der Waals surface area contributed by atoms with E-state index in [-0.39, 0.29) is 12.3 Å². The standard InChI is InChI=1S/C19H20Cl2N2OS/c20-17-2-1-3-18(21)16(17)12-19(24)22-15-6-4-14(5-7-15)13-23-8-10-25-11-9-23/h1-7H,8-13H2,(H,22,24). The van der Waals surface area contributed by atoms with Crippen molar-refractivity contribution in [2.45, 2.75) is 13.0 Å². The molecule has 0 radical (unpaired) electrons. The fraction of sp³-hybridized carbons (Fsp3) is 0.316. The number of carbonyl (C=O) groups is 1. The van der Waals surface area contributed by atoms with Gasteiger partial charge in [-0.05, 0) is 35.4 Å². The zero-order valence-corrected chi connectivity index (χ0v) is 16.1. The van der Waals surface area contributed by atoms with Gasteiger partial charge in [0.15, 0.2) is 0 Å². The maximum atomic E-state index is 12.2. The lowest BCUT2D eigenvalue weighted by molar-refractivity contribution is -0.115. The van der Waals surface area contributed by atoms with Crippen LogP contribution >= 0.6 is 35.0 Å². The average Bonchev–Trinajstić information content (AvgIpc) is 2.61. The molecule has 0 saturated carbocycles. The molecule has 25 heavy (non-hydrogen) atoms. The molecule has 3 nitrogen and oxygen atoms in total. The summed E-state index contributed by atoms with van der Waals surface area (Å²) in [4.78, 5) is 14.7. The molecule has 3 rings (SSSR count). The summed E-state index contributed by atoms with van der Waals surface area (Å²) < 4.78 is 0. The van der Waals surface area contributed by atoms with Crippen molar-refractivity contribution in [2.24, 2.45) is 0 Å². The summed E-state index contributed by atoms with van der Waals surface area (Å²) in [6, 6.07) is 13.3. The largest absolute Gasteiger partial charge is 0.326 e. The number of hydrogen-bond donors (Lipinski definition) is 1. The van der Waals surface area contributed by atoms with Crippen LogP contribution in [0.25, 0.3) is 0 Å². The van der Waals surface area contributed by atoms with E-state index in [1.54, 1.807) is 18.2 Å². The van der Waals surface area contributed by atoms with E-state index in [2.05, 4.69) is 22.3 Å². The highest BCUT2D eigenvalue weighted by atomic mass is 35.5. The Morgan fingerprint density at radius 2 is 1.68 bits per heavy atom. The highest BCUT2D eigenvalue weighted by molar-refractivity contribution is 7.99. The molecule has 2 aromatic rings. The maximum Gasteiger partial charge on any atom is 0.228 e. The van der Waals surface area contributed by atoms with Gasteiger partial charge in [0.1, 0.15) is 0 Å². The number of rotatable bonds is 5. The van der Waals surface area contributed by atoms with Crippen LogP contribution in [0.1, 0.15) is 11.1 Å². The van der Waals surface area contributed by atoms with Crippen molar-refractivity contribution in [1.29, 1.82) is 0 Å². The van der Waals surface area contributed by atoms with Crippen LogP contribution in [-0.4, -0.2) is 35.4 Å². The second-order valence-electron chi connectivity index (χ2n) is 6.01. The van der Waals surface area contributed by atoms with Gasteiger partial charge in [-0.25, -0.2) is 0 Å². The predicted octanol–water partition coefficient (Wildman–Crippen LogP) is 4.72. The first-order valence-electron chi connectivity index (χ1n) is 8.23. The molecule has 0 aliphatic carbocycles. The molecule has 1 N–H and O–H groups in total. The van der Waals surface area contributed by atoms with Gasteiger partial charge in [0.05, 0.1) is 6.42 Å². The zero-order chi connectivity index (χ0) is 17.6. The second kappa shape index (κ2) is 8.95. The fourth-order valence-corrected chi connectivity index (χ4v) is 4.29. The number of anilines is 1. The molecular formula is C19H20Cl2N2OS. The molecule has 132 valence electrons. The molecule has 1 aliphatic rings. The number of benzene rings is 2. The van der Waals surface area contributed by atoms with Crippen LogP contribution in [0.5, 0.6) is 0 Å². The lowest BCUT2D eigenvalue weighted by Crippen LogP contribution is -2.31. The Morgan fingerprint density at radius 3 is 2.32 bits per heavy atom. The van der Waals surface area contributed by atoms with Crippen LogP contribution in [0.3, 0.4) is 0 Å². The summed E-state index contributed by atoms with van der Waals surface area (Å²) in [6.45, 7) is 3.24. The molecule has 6 heteroatoms. The van der Waals surface area contributed by atoms with Gasteiger partial charge >= 0.3 is 0 Å². The normalized spacial score (nSPS) is 15.1. The first-order valence-corrected chi connectivity index (χ1v) is 10.1. The van der Waals surface area contributed by atoms with Gasteiger partial charge in [0.2, 0.25) is 5.91 Å². The third-order valence-corrected chi connectivity index (χ3v) is 5.80. The topological polar surface area (TPSA) is 32.3 Å². The van der Waals surface area contributed by atoms with Crippen LogP contribution < -0.4 is 5.32 Å². The molecule has 0 atom stereocenters. The number of nitrogens with zero attached hydrogens (tertiary/aromatic N) is 1. The lowest BCUT2D eigenvalue weighted by Gasteiger charge is -2.26. The zero-order valence-electron chi connectivity index (χ0n) is 13.8. The summed E-state index contributed by atoms with van der Waals surface area (Å²) in [5, 5.41) is 3.93. The van der Waals surface area contributed by atoms with E-state index in [9.17, 15) is 4.79 Å². The van der Waals surface area contributed by atoms with Crippen LogP contribution in [0.15, 0.2) is 42.5 Å². The Bertz CT molecular complexity index is 710. The summed E-state index contributed by atoms with van der Waals surface area (Å²) in [7, 11) is 0. The Labute approximate surface area is 162 Å². The van der Waals surface area contributed by atoms with Crippen LogP contribution in [0.4, 0.5) is 5.69 Å². The van der Waals surface area contributed by atoms with Crippen molar-refractivity contribution in [3.8, 4) is 0 Å². The summed E-state index contributed by atoms with van der Waals surface area (Å²) in [6.07, 6.45) is 0.158. The number of halogens is 2. The number of hydrogen-bond acceptors (Lipinski definition) is 3. The molecule has 1 saturated heterocycles. The highest BCUT2D eigenvalue weighted by Gasteiger charge is 2.12. The SMILES string of the molecule is O=C(Cc1c(Cl)cccc1Cl)Nc1ccc(CN2CCSCC2)cc1. The average molecular weight is 395 g/mol. The van der Waals surface area contributed by atoms with Crippen molar-refractivity contribution < 1.29 is 4.79 Å². The molecule has 0 spiro atoms. The smallest absolute Gasteiger partial charge is 0.228 e. The maximum absolute atomic E-state index is 12.2. The summed E-state index contributed by atoms with van der Waals surface area (Å²) in [5.74, 6) is 2.29. The molecule has 2 aromatic carbocycles. The van der Waals surface area contributed by atoms with Gasteiger partial charge in [-0.1, -0.05) is 41.4 Å². The monoisotopic (exact) mass is 394 g/mol. The van der Waals surface area contributed by atoms with E-state index in [4.69, 9.17) is 23.2 Å². The minimum Gasteiger partial charge on any atom is -0.326 e. The van der Waals surface area contributed by atoms with Crippen LogP contribution in [-0.2, 0) is 17.8 Å². The van der Waals surface area contributed by atoms with E-state index in [0.717, 1.165) is 25.3 Å². The molecule has 0 aromatic heterocycles. The van der Waals surface area contributed by atoms with Gasteiger partial charge in [0, 0.05) is 46.9 Å². The first-order chi connectivity index (χ1) is 12.1. The quantitative estimate of drug-likeness (QED) is 0.795. The van der Waals surface area contributed by atoms with Gasteiger partial charge in [-0.15, -0.1) is 0 Å². The van der Waals surface area contributed by atoms with Gasteiger partial charge < -0.3 is 5.32 Å². The molecule has 1 aliphatic heterocycles. The Hall–Kier alpha value is -1.20. The van der Waals surface area contributed by atoms with Gasteiger partial charge in [0.25, 0.3) is 0 Å². The minimum atomic E-state index is -0.129. The van der Waals surface area contributed by atoms with E-state index >= 15 is 0 Å². The molecule has 0 bridgehead atoms. The van der Waals surface area contributed by atoms with E-state index in [0.29, 0.717) is 15.6 Å². The van der Waals surface area contributed by atoms with E-state index in [1.807, 2.05) is 23.9 Å². The van der Waals surface area contributed by atoms with Crippen molar-refractivity contribution in [1.82, 2.24) is 4.90 Å². The summed E-state index contributed by atoms with van der Waals surface area (Å²) >= 11 is 14.3. The molecular weight excluding hydrogens is 375 g/mol. The minimum absolute atomic E-state index is 0.129. The fourth-order valence-electron chi connectivity index (χ4n) is 2.78. The highest BCUT2D eigenvalue weighted by Crippen LogP contribution is 2.25. The molecule has 1 heterocycles. The van der Waals surface area contributed by atoms with Crippen molar-refractivity contribution in [2.75, 3.05) is 29.9 Å². The van der Waals surface area contributed by atoms with Gasteiger partial charge in [-0.3, -0.25) is 9.69 Å². The van der Waals surface area contributed by atoms with E-state index in [1.165, 1.54) is 17.1 Å². The predicted molar refractivity (Wildman–Crippen MR) is 108 cm³/mol. The third kappa shape index (κ3) is 5.38. The van der Waals surface area contributed by atoms with Crippen molar-refractivity contribution in [3.63, 3.8) is 0 Å². The second-order valence-corrected chi connectivity index (χ2v) is 8.05. The molecule has 1 amide bonds. The third-order valence-electron chi connectivity index (χ3n) is 4.15. The summed E-state index contributed by atoms with van der Waals surface area (Å²) in [5.41, 5.74) is 2.70. The van der Waals surface area contributed by atoms with E-state index < -0.39 is 0 Å². The Kier molecular flexibility index (Phi) is 6.65. The number of carbonyl (C=O) groups excluding carboxylic acids is 1. The van der Waals surface area contributed by atoms with Crippen molar-refractivity contribution >= 4 is 46.6 Å². The van der Waals surface area contributed by atoms with Crippen molar-refractivity contribution in [3.05, 3.63) is 63.6 Å². The lowest BCUT2D eigenvalue weighted by atomic mass is 10.1. The molecule has 1 fully saturated rings. The van der Waals surface area contributed by atoms with Gasteiger partial charge in [-0.2, -0.15) is 11.8 Å². The number of thioether (sulfide) groups is 1.